The number of piperidine rings is 1. The van der Waals surface area contributed by atoms with Crippen LogP contribution in [0.5, 0.6) is 11.5 Å². The van der Waals surface area contributed by atoms with E-state index in [-0.39, 0.29) is 11.9 Å². The van der Waals surface area contributed by atoms with Crippen LogP contribution in [-0.4, -0.2) is 43.7 Å². The Morgan fingerprint density at radius 3 is 2.70 bits per heavy atom. The quantitative estimate of drug-likeness (QED) is 0.874. The molecule has 0 spiro atoms. The first-order valence-electron chi connectivity index (χ1n) is 8.33. The lowest BCUT2D eigenvalue weighted by Gasteiger charge is -2.37. The third-order valence-corrected chi connectivity index (χ3v) is 4.51. The molecule has 1 aromatic carbocycles. The topological polar surface area (TPSA) is 64.8 Å². The number of aryl methyl sites for hydroxylation is 1. The van der Waals surface area contributed by atoms with Crippen molar-refractivity contribution >= 4 is 5.91 Å². The van der Waals surface area contributed by atoms with Crippen molar-refractivity contribution in [3.05, 3.63) is 23.8 Å². The molecule has 1 heterocycles. The molecule has 1 fully saturated rings. The molecule has 0 aromatic heterocycles. The van der Waals surface area contributed by atoms with Gasteiger partial charge in [0, 0.05) is 12.6 Å². The second-order valence-electron chi connectivity index (χ2n) is 6.20. The molecular formula is C18H28N2O3. The number of carbonyl (C=O) groups excluding carboxylic acids is 1. The monoisotopic (exact) mass is 320 g/mol. The summed E-state index contributed by atoms with van der Waals surface area (Å²) < 4.78 is 10.6. The lowest BCUT2D eigenvalue weighted by molar-refractivity contribution is -0.136. The average Bonchev–Trinajstić information content (AvgIpc) is 2.59. The molecular weight excluding hydrogens is 292 g/mol. The lowest BCUT2D eigenvalue weighted by atomic mass is 9.95. The van der Waals surface area contributed by atoms with E-state index < -0.39 is 6.04 Å². The van der Waals surface area contributed by atoms with E-state index in [2.05, 4.69) is 6.07 Å². The van der Waals surface area contributed by atoms with Crippen LogP contribution in [-0.2, 0) is 11.2 Å². The first-order valence-corrected chi connectivity index (χ1v) is 8.33. The summed E-state index contributed by atoms with van der Waals surface area (Å²) in [6.07, 6.45) is 5.18. The molecule has 0 aliphatic carbocycles. The highest BCUT2D eigenvalue weighted by Gasteiger charge is 2.28. The molecule has 2 N–H and O–H groups in total. The van der Waals surface area contributed by atoms with Crippen molar-refractivity contribution in [1.29, 1.82) is 0 Å². The summed E-state index contributed by atoms with van der Waals surface area (Å²) in [7, 11) is 3.28. The fourth-order valence-corrected chi connectivity index (χ4v) is 3.22. The van der Waals surface area contributed by atoms with Crippen LogP contribution >= 0.6 is 0 Å². The van der Waals surface area contributed by atoms with Crippen LogP contribution in [0.2, 0.25) is 0 Å². The minimum Gasteiger partial charge on any atom is -0.493 e. The number of nitrogens with two attached hydrogens (primary N) is 1. The normalized spacial score (nSPS) is 19.3. The summed E-state index contributed by atoms with van der Waals surface area (Å²) in [5, 5.41) is 0. The van der Waals surface area contributed by atoms with Crippen molar-refractivity contribution in [3.63, 3.8) is 0 Å². The van der Waals surface area contributed by atoms with E-state index in [1.807, 2.05) is 17.0 Å². The van der Waals surface area contributed by atoms with E-state index in [1.54, 1.807) is 21.1 Å². The minimum atomic E-state index is -0.420. The first kappa shape index (κ1) is 17.6. The summed E-state index contributed by atoms with van der Waals surface area (Å²) in [6.45, 7) is 2.60. The van der Waals surface area contributed by atoms with Crippen LogP contribution in [0, 0.1) is 0 Å². The largest absolute Gasteiger partial charge is 0.493 e. The van der Waals surface area contributed by atoms with Crippen molar-refractivity contribution in [2.45, 2.75) is 51.1 Å². The van der Waals surface area contributed by atoms with Gasteiger partial charge >= 0.3 is 0 Å². The van der Waals surface area contributed by atoms with Crippen molar-refractivity contribution in [2.24, 2.45) is 5.73 Å². The molecule has 5 nitrogen and oxygen atoms in total. The van der Waals surface area contributed by atoms with Crippen LogP contribution in [0.1, 0.15) is 38.2 Å². The van der Waals surface area contributed by atoms with Crippen LogP contribution < -0.4 is 15.2 Å². The Morgan fingerprint density at radius 2 is 2.04 bits per heavy atom. The van der Waals surface area contributed by atoms with Crippen molar-refractivity contribution in [2.75, 3.05) is 20.8 Å². The molecule has 1 saturated heterocycles. The Labute approximate surface area is 138 Å². The molecule has 128 valence electrons. The van der Waals surface area contributed by atoms with Gasteiger partial charge in [0.2, 0.25) is 5.91 Å². The number of hydrogen-bond donors (Lipinski definition) is 1. The molecule has 1 aromatic rings. The summed E-state index contributed by atoms with van der Waals surface area (Å²) in [5.41, 5.74) is 6.98. The summed E-state index contributed by atoms with van der Waals surface area (Å²) in [6, 6.07) is 5.87. The van der Waals surface area contributed by atoms with Crippen molar-refractivity contribution in [1.82, 2.24) is 4.90 Å². The number of amides is 1. The third kappa shape index (κ3) is 4.38. The van der Waals surface area contributed by atoms with Gasteiger partial charge < -0.3 is 20.1 Å². The van der Waals surface area contributed by atoms with E-state index in [1.165, 1.54) is 12.0 Å². The highest BCUT2D eigenvalue weighted by atomic mass is 16.5. The molecule has 23 heavy (non-hydrogen) atoms. The number of carbonyl (C=O) groups is 1. The number of rotatable bonds is 6. The Kier molecular flexibility index (Phi) is 6.28. The molecule has 1 aliphatic rings. The first-order chi connectivity index (χ1) is 11.1. The highest BCUT2D eigenvalue weighted by Crippen LogP contribution is 2.29. The van der Waals surface area contributed by atoms with Gasteiger partial charge in [-0.15, -0.1) is 0 Å². The van der Waals surface area contributed by atoms with E-state index in [0.717, 1.165) is 43.7 Å². The fraction of sp³-hybridized carbons (Fsp3) is 0.611. The highest BCUT2D eigenvalue weighted by molar-refractivity contribution is 5.81. The zero-order chi connectivity index (χ0) is 16.8. The smallest absolute Gasteiger partial charge is 0.239 e. The Bertz CT molecular complexity index is 531. The second-order valence-corrected chi connectivity index (χ2v) is 6.20. The van der Waals surface area contributed by atoms with Gasteiger partial charge in [-0.2, -0.15) is 0 Å². The molecule has 1 amide bonds. The van der Waals surface area contributed by atoms with Crippen LogP contribution in [0.25, 0.3) is 0 Å². The maximum atomic E-state index is 12.3. The van der Waals surface area contributed by atoms with Crippen molar-refractivity contribution in [3.8, 4) is 11.5 Å². The maximum Gasteiger partial charge on any atom is 0.239 e. The summed E-state index contributed by atoms with van der Waals surface area (Å²) in [4.78, 5) is 14.2. The van der Waals surface area contributed by atoms with Gasteiger partial charge in [0.1, 0.15) is 0 Å². The third-order valence-electron chi connectivity index (χ3n) is 4.51. The van der Waals surface area contributed by atoms with Crippen LogP contribution in [0.4, 0.5) is 0 Å². The summed E-state index contributed by atoms with van der Waals surface area (Å²) >= 11 is 0. The molecule has 0 saturated carbocycles. The lowest BCUT2D eigenvalue weighted by Crippen LogP contribution is -2.49. The maximum absolute atomic E-state index is 12.3. The molecule has 0 radical (unpaired) electrons. The predicted molar refractivity (Wildman–Crippen MR) is 90.9 cm³/mol. The Hall–Kier alpha value is -1.75. The number of likely N-dealkylation sites (tertiary alicyclic amines) is 1. The second kappa shape index (κ2) is 8.20. The van der Waals surface area contributed by atoms with Gasteiger partial charge in [0.25, 0.3) is 0 Å². The minimum absolute atomic E-state index is 0.0713. The van der Waals surface area contributed by atoms with Gasteiger partial charge in [0.15, 0.2) is 11.5 Å². The number of ether oxygens (including phenoxy) is 2. The van der Waals surface area contributed by atoms with Gasteiger partial charge in [-0.25, -0.2) is 0 Å². The zero-order valence-electron chi connectivity index (χ0n) is 14.4. The van der Waals surface area contributed by atoms with Gasteiger partial charge in [-0.3, -0.25) is 4.79 Å². The van der Waals surface area contributed by atoms with E-state index >= 15 is 0 Å². The molecule has 0 bridgehead atoms. The van der Waals surface area contributed by atoms with Gasteiger partial charge in [0.05, 0.1) is 20.3 Å². The number of hydrogen-bond acceptors (Lipinski definition) is 4. The van der Waals surface area contributed by atoms with Crippen LogP contribution in [0.3, 0.4) is 0 Å². The fourth-order valence-electron chi connectivity index (χ4n) is 3.22. The molecule has 5 heteroatoms. The predicted octanol–water partition coefficient (Wildman–Crippen LogP) is 2.36. The zero-order valence-corrected chi connectivity index (χ0v) is 14.4. The van der Waals surface area contributed by atoms with Crippen molar-refractivity contribution < 1.29 is 14.3 Å². The van der Waals surface area contributed by atoms with E-state index in [9.17, 15) is 4.79 Å². The standard InChI is InChI=1S/C18H28N2O3/c1-13(19)18(21)20-11-5-4-6-15(20)9-7-14-8-10-16(22-2)17(12-14)23-3/h8,10,12-13,15H,4-7,9,11,19H2,1-3H3/t13-,15?/m1/s1. The molecule has 2 rings (SSSR count). The van der Waals surface area contributed by atoms with Crippen LogP contribution in [0.15, 0.2) is 18.2 Å². The number of nitrogens with zero attached hydrogens (tertiary/aromatic N) is 1. The number of methoxy groups -OCH3 is 2. The van der Waals surface area contributed by atoms with Gasteiger partial charge in [-0.05, 0) is 56.7 Å². The van der Waals surface area contributed by atoms with Gasteiger partial charge in [-0.1, -0.05) is 6.07 Å². The molecule has 2 atom stereocenters. The SMILES string of the molecule is COc1ccc(CCC2CCCCN2C(=O)[C@@H](C)N)cc1OC. The number of benzene rings is 1. The molecule has 1 unspecified atom stereocenters. The van der Waals surface area contributed by atoms with E-state index in [4.69, 9.17) is 15.2 Å². The average molecular weight is 320 g/mol. The Morgan fingerprint density at radius 1 is 1.30 bits per heavy atom. The Balaban J connectivity index is 2.02. The molecule has 1 aliphatic heterocycles. The summed E-state index contributed by atoms with van der Waals surface area (Å²) in [5.74, 6) is 1.56. The van der Waals surface area contributed by atoms with E-state index in [0.29, 0.717) is 0 Å².